The molecule has 0 aliphatic heterocycles. The molecule has 0 unspecified atom stereocenters. The normalized spacial score (nSPS) is 11.0. The van der Waals surface area contributed by atoms with Crippen molar-refractivity contribution in [3.63, 3.8) is 0 Å². The number of nitrogens with one attached hydrogen (secondary N) is 2. The van der Waals surface area contributed by atoms with E-state index < -0.39 is 11.8 Å². The molecular formula is C22H20Cl2N4O2. The van der Waals surface area contributed by atoms with Gasteiger partial charge >= 0.3 is 11.8 Å². The van der Waals surface area contributed by atoms with E-state index in [1.807, 2.05) is 45.0 Å². The number of nitrogens with zero attached hydrogens (tertiary/aromatic N) is 2. The molecule has 3 aromatic rings. The Morgan fingerprint density at radius 3 is 2.43 bits per heavy atom. The van der Waals surface area contributed by atoms with Crippen molar-refractivity contribution in [1.82, 2.24) is 9.99 Å². The van der Waals surface area contributed by atoms with Crippen LogP contribution in [0.1, 0.15) is 22.5 Å². The summed E-state index contributed by atoms with van der Waals surface area (Å²) in [5, 5.41) is 6.98. The van der Waals surface area contributed by atoms with Crippen LogP contribution in [0.5, 0.6) is 0 Å². The number of carbonyl (C=O) groups excluding carboxylic acids is 2. The maximum absolute atomic E-state index is 12.0. The molecule has 1 heterocycles. The topological polar surface area (TPSA) is 75.5 Å². The molecule has 0 fully saturated rings. The summed E-state index contributed by atoms with van der Waals surface area (Å²) in [6, 6.07) is 14.7. The Morgan fingerprint density at radius 1 is 0.967 bits per heavy atom. The lowest BCUT2D eigenvalue weighted by molar-refractivity contribution is -0.136. The summed E-state index contributed by atoms with van der Waals surface area (Å²) < 4.78 is 2.10. The number of hydrazone groups is 1. The molecular weight excluding hydrogens is 423 g/mol. The quantitative estimate of drug-likeness (QED) is 0.345. The van der Waals surface area contributed by atoms with E-state index in [1.54, 1.807) is 6.07 Å². The molecule has 0 radical (unpaired) electrons. The van der Waals surface area contributed by atoms with Gasteiger partial charge in [0.2, 0.25) is 0 Å². The third kappa shape index (κ3) is 4.90. The second kappa shape index (κ2) is 9.15. The number of aromatic nitrogens is 1. The lowest BCUT2D eigenvalue weighted by Crippen LogP contribution is -2.32. The van der Waals surface area contributed by atoms with Crippen LogP contribution in [0.15, 0.2) is 53.6 Å². The lowest BCUT2D eigenvalue weighted by atomic mass is 10.2. The highest BCUT2D eigenvalue weighted by atomic mass is 35.5. The largest absolute Gasteiger partial charge is 0.329 e. The first-order valence-corrected chi connectivity index (χ1v) is 9.87. The van der Waals surface area contributed by atoms with Crippen LogP contribution in [-0.2, 0) is 9.59 Å². The standard InChI is InChI=1S/C22H20Cl2N4O2/c1-13-5-4-6-18(9-13)28-14(2)10-16(15(28)3)12-25-27-22(30)21(29)26-17-7-8-19(23)20(24)11-17/h4-12H,1-3H3,(H,26,29)(H,27,30)/b25-12-. The minimum atomic E-state index is -0.898. The molecule has 3 rings (SSSR count). The summed E-state index contributed by atoms with van der Waals surface area (Å²) in [6.45, 7) is 6.00. The van der Waals surface area contributed by atoms with Crippen LogP contribution in [0.4, 0.5) is 5.69 Å². The van der Waals surface area contributed by atoms with E-state index in [4.69, 9.17) is 23.2 Å². The first-order chi connectivity index (χ1) is 14.3. The molecule has 2 amide bonds. The average Bonchev–Trinajstić information content (AvgIpc) is 2.98. The third-order valence-electron chi connectivity index (χ3n) is 4.48. The van der Waals surface area contributed by atoms with E-state index in [0.29, 0.717) is 10.7 Å². The third-order valence-corrected chi connectivity index (χ3v) is 5.22. The van der Waals surface area contributed by atoms with Crippen LogP contribution in [0.2, 0.25) is 10.0 Å². The second-order valence-corrected chi connectivity index (χ2v) is 7.60. The van der Waals surface area contributed by atoms with Gasteiger partial charge < -0.3 is 9.88 Å². The zero-order valence-corrected chi connectivity index (χ0v) is 18.2. The van der Waals surface area contributed by atoms with Crippen molar-refractivity contribution in [2.24, 2.45) is 5.10 Å². The zero-order valence-electron chi connectivity index (χ0n) is 16.7. The van der Waals surface area contributed by atoms with Crippen molar-refractivity contribution in [3.8, 4) is 5.69 Å². The van der Waals surface area contributed by atoms with E-state index in [1.165, 1.54) is 18.3 Å². The van der Waals surface area contributed by atoms with Gasteiger partial charge in [0.25, 0.3) is 0 Å². The lowest BCUT2D eigenvalue weighted by Gasteiger charge is -2.10. The molecule has 0 spiro atoms. The number of amides is 2. The molecule has 1 aromatic heterocycles. The summed E-state index contributed by atoms with van der Waals surface area (Å²) in [4.78, 5) is 24.0. The highest BCUT2D eigenvalue weighted by Crippen LogP contribution is 2.25. The number of hydrogen-bond donors (Lipinski definition) is 2. The number of benzene rings is 2. The minimum Gasteiger partial charge on any atom is -0.318 e. The molecule has 0 atom stereocenters. The van der Waals surface area contributed by atoms with Gasteiger partial charge in [-0.1, -0.05) is 35.3 Å². The predicted octanol–water partition coefficient (Wildman–Crippen LogP) is 4.80. The van der Waals surface area contributed by atoms with Crippen LogP contribution in [0.25, 0.3) is 5.69 Å². The van der Waals surface area contributed by atoms with Gasteiger partial charge in [-0.15, -0.1) is 0 Å². The number of aryl methyl sites for hydroxylation is 2. The molecule has 8 heteroatoms. The van der Waals surface area contributed by atoms with Gasteiger partial charge in [-0.3, -0.25) is 9.59 Å². The number of carbonyl (C=O) groups is 2. The number of halogens is 2. The first-order valence-electron chi connectivity index (χ1n) is 9.11. The fourth-order valence-electron chi connectivity index (χ4n) is 3.06. The SMILES string of the molecule is Cc1cccc(-n2c(C)cc(/C=N\NC(=O)C(=O)Nc3ccc(Cl)c(Cl)c3)c2C)c1. The Labute approximate surface area is 184 Å². The molecule has 0 aliphatic rings. The molecule has 2 aromatic carbocycles. The smallest absolute Gasteiger partial charge is 0.318 e. The summed E-state index contributed by atoms with van der Waals surface area (Å²) in [7, 11) is 0. The van der Waals surface area contributed by atoms with Crippen molar-refractivity contribution in [2.45, 2.75) is 20.8 Å². The Hall–Kier alpha value is -3.09. The van der Waals surface area contributed by atoms with Gasteiger partial charge in [-0.25, -0.2) is 5.43 Å². The Morgan fingerprint density at radius 2 is 1.73 bits per heavy atom. The molecule has 0 saturated carbocycles. The molecule has 30 heavy (non-hydrogen) atoms. The van der Waals surface area contributed by atoms with E-state index in [0.717, 1.165) is 28.2 Å². The Bertz CT molecular complexity index is 1150. The molecule has 2 N–H and O–H groups in total. The molecule has 6 nitrogen and oxygen atoms in total. The maximum Gasteiger partial charge on any atom is 0.329 e. The van der Waals surface area contributed by atoms with Crippen molar-refractivity contribution in [2.75, 3.05) is 5.32 Å². The molecule has 0 bridgehead atoms. The second-order valence-electron chi connectivity index (χ2n) is 6.78. The summed E-state index contributed by atoms with van der Waals surface area (Å²) in [5.41, 5.74) is 7.63. The van der Waals surface area contributed by atoms with E-state index in [-0.39, 0.29) is 5.02 Å². The van der Waals surface area contributed by atoms with Crippen LogP contribution in [-0.4, -0.2) is 22.6 Å². The van der Waals surface area contributed by atoms with Crippen LogP contribution >= 0.6 is 23.2 Å². The van der Waals surface area contributed by atoms with Gasteiger partial charge in [-0.05, 0) is 62.7 Å². The highest BCUT2D eigenvalue weighted by Gasteiger charge is 2.14. The monoisotopic (exact) mass is 442 g/mol. The number of hydrogen-bond acceptors (Lipinski definition) is 3. The summed E-state index contributed by atoms with van der Waals surface area (Å²) >= 11 is 11.7. The van der Waals surface area contributed by atoms with E-state index in [9.17, 15) is 9.59 Å². The van der Waals surface area contributed by atoms with Crippen LogP contribution in [0, 0.1) is 20.8 Å². The molecule has 154 valence electrons. The van der Waals surface area contributed by atoms with Gasteiger partial charge in [0.1, 0.15) is 0 Å². The average molecular weight is 443 g/mol. The number of anilines is 1. The Balaban J connectivity index is 1.67. The zero-order chi connectivity index (χ0) is 21.8. The molecule has 0 saturated heterocycles. The highest BCUT2D eigenvalue weighted by molar-refractivity contribution is 6.42. The van der Waals surface area contributed by atoms with E-state index in [2.05, 4.69) is 26.5 Å². The maximum atomic E-state index is 12.0. The van der Waals surface area contributed by atoms with Gasteiger partial charge in [0, 0.05) is 28.3 Å². The van der Waals surface area contributed by atoms with Crippen LogP contribution < -0.4 is 10.7 Å². The Kier molecular flexibility index (Phi) is 6.59. The first kappa shape index (κ1) is 21.6. The predicted molar refractivity (Wildman–Crippen MR) is 121 cm³/mol. The molecule has 0 aliphatic carbocycles. The van der Waals surface area contributed by atoms with Crippen molar-refractivity contribution < 1.29 is 9.59 Å². The van der Waals surface area contributed by atoms with Gasteiger partial charge in [-0.2, -0.15) is 5.10 Å². The minimum absolute atomic E-state index is 0.275. The summed E-state index contributed by atoms with van der Waals surface area (Å²) in [5.74, 6) is -1.76. The summed E-state index contributed by atoms with van der Waals surface area (Å²) in [6.07, 6.45) is 1.51. The van der Waals surface area contributed by atoms with Crippen LogP contribution in [0.3, 0.4) is 0 Å². The van der Waals surface area contributed by atoms with Crippen molar-refractivity contribution in [1.29, 1.82) is 0 Å². The fourth-order valence-corrected chi connectivity index (χ4v) is 3.35. The van der Waals surface area contributed by atoms with Crippen molar-refractivity contribution >= 4 is 46.9 Å². The van der Waals surface area contributed by atoms with Gasteiger partial charge in [0.05, 0.1) is 16.3 Å². The van der Waals surface area contributed by atoms with Gasteiger partial charge in [0.15, 0.2) is 0 Å². The number of rotatable bonds is 4. The fraction of sp³-hybridized carbons (Fsp3) is 0.136. The van der Waals surface area contributed by atoms with E-state index >= 15 is 0 Å². The van der Waals surface area contributed by atoms with Crippen molar-refractivity contribution in [3.05, 3.63) is 81.1 Å².